The number of carbonyl (C=O) groups is 3. The summed E-state index contributed by atoms with van der Waals surface area (Å²) in [5, 5.41) is 6.58. The van der Waals surface area contributed by atoms with Crippen LogP contribution in [0.3, 0.4) is 0 Å². The zero-order valence-electron chi connectivity index (χ0n) is 20.6. The molecule has 182 valence electrons. The average molecular weight is 482 g/mol. The lowest BCUT2D eigenvalue weighted by molar-refractivity contribution is -0.125. The second kappa shape index (κ2) is 6.84. The van der Waals surface area contributed by atoms with Crippen molar-refractivity contribution in [2.75, 3.05) is 23.8 Å². The van der Waals surface area contributed by atoms with Gasteiger partial charge < -0.3 is 15.1 Å². The minimum absolute atomic E-state index is 0.0749. The van der Waals surface area contributed by atoms with Crippen LogP contribution in [0.15, 0.2) is 36.4 Å². The first kappa shape index (κ1) is 21.4. The minimum Gasteiger partial charge on any atom is -0.364 e. The quantitative estimate of drug-likeness (QED) is 0.549. The number of imide groups is 1. The summed E-state index contributed by atoms with van der Waals surface area (Å²) in [6.45, 7) is 5.64. The lowest BCUT2D eigenvalue weighted by Crippen LogP contribution is -2.48. The van der Waals surface area contributed by atoms with Crippen LogP contribution in [0.4, 0.5) is 16.2 Å². The van der Waals surface area contributed by atoms with Gasteiger partial charge in [0.15, 0.2) is 0 Å². The Bertz CT molecular complexity index is 1550. The molecule has 3 aromatic rings. The van der Waals surface area contributed by atoms with E-state index in [2.05, 4.69) is 58.9 Å². The monoisotopic (exact) mass is 481 g/mol. The third kappa shape index (κ3) is 2.75. The molecule has 1 spiro atoms. The largest absolute Gasteiger partial charge is 0.364 e. The van der Waals surface area contributed by atoms with Crippen molar-refractivity contribution in [1.29, 1.82) is 0 Å². The summed E-state index contributed by atoms with van der Waals surface area (Å²) in [7, 11) is 1.69. The lowest BCUT2D eigenvalue weighted by Gasteiger charge is -2.31. The number of hydrogen-bond donors (Lipinski definition) is 2. The molecule has 0 saturated carbocycles. The molecule has 1 aliphatic carbocycles. The third-order valence-electron chi connectivity index (χ3n) is 8.67. The van der Waals surface area contributed by atoms with Gasteiger partial charge >= 0.3 is 6.03 Å². The number of nitrogens with zero attached hydrogens (tertiary/aromatic N) is 3. The van der Waals surface area contributed by atoms with Crippen molar-refractivity contribution in [2.45, 2.75) is 50.6 Å². The maximum Gasteiger partial charge on any atom is 0.324 e. The van der Waals surface area contributed by atoms with Gasteiger partial charge in [0, 0.05) is 60.6 Å². The first-order valence-electron chi connectivity index (χ1n) is 12.4. The zero-order chi connectivity index (χ0) is 25.0. The van der Waals surface area contributed by atoms with Crippen LogP contribution in [0.2, 0.25) is 0 Å². The first-order chi connectivity index (χ1) is 17.2. The number of fused-ring (bicyclic) bond motifs is 2. The topological polar surface area (TPSA) is 94.6 Å². The van der Waals surface area contributed by atoms with Gasteiger partial charge in [-0.2, -0.15) is 0 Å². The highest BCUT2D eigenvalue weighted by Crippen LogP contribution is 2.50. The van der Waals surface area contributed by atoms with E-state index in [9.17, 15) is 14.4 Å². The standard InChI is InChI=1S/C28H27N5O3/c1-15-4-7-21-23-24(15)30-22(34)12-27(23,2)14-33(21)13-19-6-5-16-8-17-10-28(11-18(17)9-20(16)29-19)25(35)31-26(36)32(28)3/h4-9H,10-14H2,1-3H3,(H,30,34)(H,31,35,36). The highest BCUT2D eigenvalue weighted by molar-refractivity contribution is 6.08. The highest BCUT2D eigenvalue weighted by atomic mass is 16.2. The summed E-state index contributed by atoms with van der Waals surface area (Å²) >= 11 is 0. The van der Waals surface area contributed by atoms with Crippen LogP contribution in [0, 0.1) is 6.92 Å². The summed E-state index contributed by atoms with van der Waals surface area (Å²) in [5.41, 5.74) is 7.41. The number of anilines is 2. The van der Waals surface area contributed by atoms with Crippen molar-refractivity contribution >= 4 is 40.1 Å². The van der Waals surface area contributed by atoms with Crippen LogP contribution in [-0.4, -0.2) is 46.9 Å². The van der Waals surface area contributed by atoms with E-state index in [1.807, 2.05) is 6.92 Å². The number of likely N-dealkylation sites (N-methyl/N-ethyl adjacent to an activating group) is 1. The van der Waals surface area contributed by atoms with Crippen LogP contribution < -0.4 is 15.5 Å². The Morgan fingerprint density at radius 2 is 1.78 bits per heavy atom. The Morgan fingerprint density at radius 3 is 2.53 bits per heavy atom. The van der Waals surface area contributed by atoms with Crippen LogP contribution in [0.1, 0.15) is 41.3 Å². The molecule has 3 aliphatic heterocycles. The van der Waals surface area contributed by atoms with Crippen molar-refractivity contribution in [1.82, 2.24) is 15.2 Å². The van der Waals surface area contributed by atoms with E-state index in [1.54, 1.807) is 11.9 Å². The smallest absolute Gasteiger partial charge is 0.324 e. The number of hydrogen-bond acceptors (Lipinski definition) is 5. The van der Waals surface area contributed by atoms with Crippen molar-refractivity contribution in [3.8, 4) is 0 Å². The molecule has 7 rings (SSSR count). The molecule has 1 saturated heterocycles. The van der Waals surface area contributed by atoms with Crippen molar-refractivity contribution in [2.24, 2.45) is 0 Å². The SMILES string of the molecule is Cc1ccc2c3c1NC(=O)CC3(C)CN2Cc1ccc2cc3c(cc2n1)CC1(C3)C(=O)NC(=O)N1C. The summed E-state index contributed by atoms with van der Waals surface area (Å²) in [5.74, 6) is -0.148. The van der Waals surface area contributed by atoms with Gasteiger partial charge in [0.2, 0.25) is 5.91 Å². The van der Waals surface area contributed by atoms with E-state index in [1.165, 1.54) is 5.56 Å². The molecule has 2 atom stereocenters. The van der Waals surface area contributed by atoms with Gasteiger partial charge in [-0.05, 0) is 47.9 Å². The van der Waals surface area contributed by atoms with Crippen LogP contribution in [-0.2, 0) is 34.4 Å². The van der Waals surface area contributed by atoms with Gasteiger partial charge in [-0.25, -0.2) is 4.79 Å². The number of aryl methyl sites for hydroxylation is 1. The molecule has 0 bridgehead atoms. The minimum atomic E-state index is -0.836. The van der Waals surface area contributed by atoms with Crippen LogP contribution >= 0.6 is 0 Å². The fraction of sp³-hybridized carbons (Fsp3) is 0.357. The van der Waals surface area contributed by atoms with Gasteiger partial charge in [-0.3, -0.25) is 19.9 Å². The predicted octanol–water partition coefficient (Wildman–Crippen LogP) is 3.18. The number of rotatable bonds is 2. The molecule has 8 heteroatoms. The molecular weight excluding hydrogens is 454 g/mol. The third-order valence-corrected chi connectivity index (χ3v) is 8.67. The highest BCUT2D eigenvalue weighted by Gasteiger charge is 2.54. The van der Waals surface area contributed by atoms with E-state index < -0.39 is 5.54 Å². The van der Waals surface area contributed by atoms with Gasteiger partial charge in [-0.1, -0.05) is 19.1 Å². The lowest BCUT2D eigenvalue weighted by atomic mass is 9.77. The first-order valence-corrected chi connectivity index (χ1v) is 12.4. The second-order valence-electron chi connectivity index (χ2n) is 11.1. The molecular formula is C28H27N5O3. The maximum absolute atomic E-state index is 12.7. The Hall–Kier alpha value is -3.94. The number of pyridine rings is 1. The van der Waals surface area contributed by atoms with E-state index in [-0.39, 0.29) is 23.3 Å². The Kier molecular flexibility index (Phi) is 4.06. The summed E-state index contributed by atoms with van der Waals surface area (Å²) in [6.07, 6.45) is 1.50. The van der Waals surface area contributed by atoms with Crippen molar-refractivity contribution in [3.05, 3.63) is 64.3 Å². The fourth-order valence-electron chi connectivity index (χ4n) is 6.79. The fourth-order valence-corrected chi connectivity index (χ4v) is 6.79. The number of benzene rings is 2. The molecule has 0 radical (unpaired) electrons. The molecule has 4 amide bonds. The van der Waals surface area contributed by atoms with E-state index in [0.29, 0.717) is 25.8 Å². The summed E-state index contributed by atoms with van der Waals surface area (Å²) < 4.78 is 0. The van der Waals surface area contributed by atoms with Gasteiger partial charge in [0.05, 0.1) is 17.8 Å². The zero-order valence-corrected chi connectivity index (χ0v) is 20.6. The van der Waals surface area contributed by atoms with E-state index in [0.717, 1.165) is 51.2 Å². The van der Waals surface area contributed by atoms with E-state index in [4.69, 9.17) is 4.98 Å². The normalized spacial score (nSPS) is 26.0. The van der Waals surface area contributed by atoms with Crippen LogP contribution in [0.5, 0.6) is 0 Å². The molecule has 36 heavy (non-hydrogen) atoms. The number of amides is 4. The van der Waals surface area contributed by atoms with Gasteiger partial charge in [0.25, 0.3) is 5.91 Å². The number of carbonyl (C=O) groups excluding carboxylic acids is 3. The Morgan fingerprint density at radius 1 is 1.00 bits per heavy atom. The van der Waals surface area contributed by atoms with Crippen molar-refractivity contribution in [3.63, 3.8) is 0 Å². The summed E-state index contributed by atoms with van der Waals surface area (Å²) in [6, 6.07) is 12.2. The molecule has 2 aromatic carbocycles. The second-order valence-corrected chi connectivity index (χ2v) is 11.1. The molecule has 4 aliphatic rings. The maximum atomic E-state index is 12.7. The average Bonchev–Trinajstić information content (AvgIpc) is 3.40. The molecule has 2 unspecified atom stereocenters. The number of aromatic nitrogens is 1. The molecule has 1 aromatic heterocycles. The molecule has 1 fully saturated rings. The summed E-state index contributed by atoms with van der Waals surface area (Å²) in [4.78, 5) is 46.1. The van der Waals surface area contributed by atoms with Gasteiger partial charge in [-0.15, -0.1) is 0 Å². The molecule has 2 N–H and O–H groups in total. The van der Waals surface area contributed by atoms with Crippen molar-refractivity contribution < 1.29 is 14.4 Å². The number of nitrogens with one attached hydrogen (secondary N) is 2. The molecule has 4 heterocycles. The number of urea groups is 1. The van der Waals surface area contributed by atoms with Crippen LogP contribution in [0.25, 0.3) is 10.9 Å². The Balaban J connectivity index is 1.22. The van der Waals surface area contributed by atoms with Gasteiger partial charge in [0.1, 0.15) is 5.54 Å². The molecule has 8 nitrogen and oxygen atoms in total. The predicted molar refractivity (Wildman–Crippen MR) is 136 cm³/mol. The Labute approximate surface area is 208 Å². The van der Waals surface area contributed by atoms with E-state index >= 15 is 0 Å².